The molecule has 0 radical (unpaired) electrons. The number of fused-ring (bicyclic) bond motifs is 2. The molecule has 0 aliphatic carbocycles. The Morgan fingerprint density at radius 3 is 3.04 bits per heavy atom. The van der Waals surface area contributed by atoms with E-state index < -0.39 is 0 Å². The van der Waals surface area contributed by atoms with E-state index in [9.17, 15) is 4.79 Å². The summed E-state index contributed by atoms with van der Waals surface area (Å²) in [5.41, 5.74) is 1.74. The number of carbonyl (C=O) groups excluding carboxylic acids is 1. The molecule has 0 bridgehead atoms. The molecule has 3 aromatic rings. The molecule has 0 atom stereocenters. The van der Waals surface area contributed by atoms with Crippen molar-refractivity contribution in [3.05, 3.63) is 52.2 Å². The van der Waals surface area contributed by atoms with Crippen molar-refractivity contribution < 1.29 is 14.3 Å². The average molecular weight is 340 g/mol. The molecule has 0 N–H and O–H groups in total. The molecule has 0 saturated carbocycles. The summed E-state index contributed by atoms with van der Waals surface area (Å²) in [6, 6.07) is 11.8. The summed E-state index contributed by atoms with van der Waals surface area (Å²) in [6.45, 7) is 1.11. The topological polar surface area (TPSA) is 51.7 Å². The quantitative estimate of drug-likeness (QED) is 0.734. The number of nitrogens with zero attached hydrogens (tertiary/aromatic N) is 2. The number of ether oxygens (including phenoxy) is 2. The third-order valence-corrected chi connectivity index (χ3v) is 4.90. The molecule has 1 aromatic carbocycles. The fourth-order valence-electron chi connectivity index (χ4n) is 2.80. The Labute approximate surface area is 143 Å². The fraction of sp³-hybridized carbons (Fsp3) is 0.222. The number of methoxy groups -OCH3 is 1. The Kier molecular flexibility index (Phi) is 3.82. The second-order valence-corrected chi connectivity index (χ2v) is 6.66. The molecule has 3 heterocycles. The Hall–Kier alpha value is -2.60. The minimum absolute atomic E-state index is 0.0209. The van der Waals surface area contributed by atoms with Gasteiger partial charge in [-0.3, -0.25) is 4.79 Å². The standard InChI is InChI=1S/C18H16N2O3S/c1-22-14-4-5-16-12(8-14)7-13-9-20(10-15-3-2-6-24-15)17(21)11-23-18(13)19-16/h2-8H,9-11H2,1H3. The van der Waals surface area contributed by atoms with E-state index in [2.05, 4.69) is 4.98 Å². The van der Waals surface area contributed by atoms with Gasteiger partial charge in [-0.15, -0.1) is 11.3 Å². The summed E-state index contributed by atoms with van der Waals surface area (Å²) in [5, 5.41) is 2.99. The van der Waals surface area contributed by atoms with Crippen LogP contribution in [-0.2, 0) is 17.9 Å². The maximum atomic E-state index is 12.4. The lowest BCUT2D eigenvalue weighted by atomic mass is 10.1. The van der Waals surface area contributed by atoms with Crippen LogP contribution in [0.25, 0.3) is 10.9 Å². The maximum Gasteiger partial charge on any atom is 0.261 e. The molecule has 1 aliphatic rings. The van der Waals surface area contributed by atoms with Gasteiger partial charge in [-0.25, -0.2) is 4.98 Å². The van der Waals surface area contributed by atoms with Crippen LogP contribution >= 0.6 is 11.3 Å². The normalized spacial score (nSPS) is 14.2. The molecule has 6 heteroatoms. The lowest BCUT2D eigenvalue weighted by molar-refractivity contribution is -0.133. The van der Waals surface area contributed by atoms with E-state index in [4.69, 9.17) is 9.47 Å². The first kappa shape index (κ1) is 15.0. The van der Waals surface area contributed by atoms with E-state index in [1.807, 2.05) is 46.7 Å². The van der Waals surface area contributed by atoms with Gasteiger partial charge in [-0.2, -0.15) is 0 Å². The molecule has 0 fully saturated rings. The van der Waals surface area contributed by atoms with Crippen LogP contribution in [0.1, 0.15) is 10.4 Å². The SMILES string of the molecule is COc1ccc2nc3c(cc2c1)CN(Cc1cccs1)C(=O)CO3. The van der Waals surface area contributed by atoms with Gasteiger partial charge in [0.25, 0.3) is 5.91 Å². The predicted octanol–water partition coefficient (Wildman–Crippen LogP) is 3.23. The lowest BCUT2D eigenvalue weighted by Gasteiger charge is -2.19. The third kappa shape index (κ3) is 2.80. The number of hydrogen-bond acceptors (Lipinski definition) is 5. The molecule has 2 aromatic heterocycles. The van der Waals surface area contributed by atoms with Crippen molar-refractivity contribution in [2.75, 3.05) is 13.7 Å². The van der Waals surface area contributed by atoms with Crippen molar-refractivity contribution in [1.82, 2.24) is 9.88 Å². The van der Waals surface area contributed by atoms with E-state index in [1.165, 1.54) is 0 Å². The van der Waals surface area contributed by atoms with E-state index in [-0.39, 0.29) is 12.5 Å². The van der Waals surface area contributed by atoms with E-state index in [1.54, 1.807) is 18.4 Å². The highest BCUT2D eigenvalue weighted by atomic mass is 32.1. The molecule has 0 saturated heterocycles. The van der Waals surface area contributed by atoms with Gasteiger partial charge in [0.1, 0.15) is 5.75 Å². The largest absolute Gasteiger partial charge is 0.497 e. The van der Waals surface area contributed by atoms with Gasteiger partial charge < -0.3 is 14.4 Å². The lowest BCUT2D eigenvalue weighted by Crippen LogP contribution is -2.31. The van der Waals surface area contributed by atoms with E-state index >= 15 is 0 Å². The molecular formula is C18H16N2O3S. The van der Waals surface area contributed by atoms with Crippen molar-refractivity contribution in [2.45, 2.75) is 13.1 Å². The highest BCUT2D eigenvalue weighted by Gasteiger charge is 2.23. The first-order valence-electron chi connectivity index (χ1n) is 7.63. The number of thiophene rings is 1. The van der Waals surface area contributed by atoms with Crippen LogP contribution in [0.2, 0.25) is 0 Å². The highest BCUT2D eigenvalue weighted by Crippen LogP contribution is 2.29. The second kappa shape index (κ2) is 6.13. The third-order valence-electron chi connectivity index (χ3n) is 4.03. The summed E-state index contributed by atoms with van der Waals surface area (Å²) in [5.74, 6) is 1.29. The van der Waals surface area contributed by atoms with Crippen molar-refractivity contribution in [2.24, 2.45) is 0 Å². The van der Waals surface area contributed by atoms with Crippen molar-refractivity contribution >= 4 is 28.1 Å². The molecular weight excluding hydrogens is 324 g/mol. The zero-order valence-corrected chi connectivity index (χ0v) is 14.0. The summed E-state index contributed by atoms with van der Waals surface area (Å²) < 4.78 is 10.9. The smallest absolute Gasteiger partial charge is 0.261 e. The number of hydrogen-bond donors (Lipinski definition) is 0. The van der Waals surface area contributed by atoms with Gasteiger partial charge in [-0.05, 0) is 35.7 Å². The second-order valence-electron chi connectivity index (χ2n) is 5.63. The summed E-state index contributed by atoms with van der Waals surface area (Å²) >= 11 is 1.65. The van der Waals surface area contributed by atoms with Gasteiger partial charge >= 0.3 is 0 Å². The number of carbonyl (C=O) groups is 1. The first-order valence-corrected chi connectivity index (χ1v) is 8.51. The van der Waals surface area contributed by atoms with Crippen LogP contribution in [0.5, 0.6) is 11.6 Å². The number of amides is 1. The number of rotatable bonds is 3. The van der Waals surface area contributed by atoms with Crippen molar-refractivity contribution in [3.8, 4) is 11.6 Å². The van der Waals surface area contributed by atoms with Crippen molar-refractivity contribution in [3.63, 3.8) is 0 Å². The summed E-state index contributed by atoms with van der Waals surface area (Å²) in [6.07, 6.45) is 0. The zero-order chi connectivity index (χ0) is 16.5. The minimum atomic E-state index is -0.0250. The number of benzene rings is 1. The van der Waals surface area contributed by atoms with Crippen LogP contribution < -0.4 is 9.47 Å². The molecule has 0 spiro atoms. The van der Waals surface area contributed by atoms with Gasteiger partial charge in [0.05, 0.1) is 25.7 Å². The van der Waals surface area contributed by atoms with E-state index in [0.717, 1.165) is 27.1 Å². The van der Waals surface area contributed by atoms with Crippen LogP contribution in [0, 0.1) is 0 Å². The minimum Gasteiger partial charge on any atom is -0.497 e. The predicted molar refractivity (Wildman–Crippen MR) is 92.4 cm³/mol. The number of pyridine rings is 1. The van der Waals surface area contributed by atoms with Crippen molar-refractivity contribution in [1.29, 1.82) is 0 Å². The fourth-order valence-corrected chi connectivity index (χ4v) is 3.52. The highest BCUT2D eigenvalue weighted by molar-refractivity contribution is 7.09. The zero-order valence-electron chi connectivity index (χ0n) is 13.2. The number of aromatic nitrogens is 1. The molecule has 0 unspecified atom stereocenters. The molecule has 5 nitrogen and oxygen atoms in total. The molecule has 1 amide bonds. The van der Waals surface area contributed by atoms with Gasteiger partial charge in [0.15, 0.2) is 6.61 Å². The molecule has 4 rings (SSSR count). The van der Waals surface area contributed by atoms with Gasteiger partial charge in [-0.1, -0.05) is 6.07 Å². The maximum absolute atomic E-state index is 12.4. The Morgan fingerprint density at radius 2 is 2.25 bits per heavy atom. The van der Waals surface area contributed by atoms with E-state index in [0.29, 0.717) is 19.0 Å². The summed E-state index contributed by atoms with van der Waals surface area (Å²) in [4.78, 5) is 19.9. The van der Waals surface area contributed by atoms with Crippen LogP contribution in [0.15, 0.2) is 41.8 Å². The van der Waals surface area contributed by atoms with Crippen LogP contribution in [0.3, 0.4) is 0 Å². The molecule has 24 heavy (non-hydrogen) atoms. The Balaban J connectivity index is 1.70. The average Bonchev–Trinajstić information content (AvgIpc) is 3.06. The molecule has 1 aliphatic heterocycles. The van der Waals surface area contributed by atoms with Crippen LogP contribution in [-0.4, -0.2) is 29.5 Å². The van der Waals surface area contributed by atoms with Crippen LogP contribution in [0.4, 0.5) is 0 Å². The first-order chi connectivity index (χ1) is 11.7. The Bertz CT molecular complexity index is 893. The van der Waals surface area contributed by atoms with Gasteiger partial charge in [0, 0.05) is 15.8 Å². The van der Waals surface area contributed by atoms with Gasteiger partial charge in [0.2, 0.25) is 5.88 Å². The Morgan fingerprint density at radius 1 is 1.33 bits per heavy atom. The summed E-state index contributed by atoms with van der Waals surface area (Å²) in [7, 11) is 1.64. The molecule has 122 valence electrons. The monoisotopic (exact) mass is 340 g/mol.